The lowest BCUT2D eigenvalue weighted by Gasteiger charge is -2.08. The number of carboxylic acids is 2. The van der Waals surface area contributed by atoms with Crippen LogP contribution in [-0.2, 0) is 14.4 Å². The van der Waals surface area contributed by atoms with Gasteiger partial charge in [-0.3, -0.25) is 0 Å². The molecule has 7 nitrogen and oxygen atoms in total. The van der Waals surface area contributed by atoms with Gasteiger partial charge in [0.2, 0.25) is 0 Å². The summed E-state index contributed by atoms with van der Waals surface area (Å²) in [4.78, 5) is 25.0. The molecule has 0 amide bonds. The number of hydrogen-bond donors (Lipinski definition) is 3. The molecule has 7 heteroatoms. The number of nitrogens with zero attached hydrogens (tertiary/aromatic N) is 1. The molecule has 0 aromatic rings. The highest BCUT2D eigenvalue weighted by Gasteiger charge is 2.24. The number of carbonyl (C=O) groups is 2. The van der Waals surface area contributed by atoms with Crippen LogP contribution in [0.1, 0.15) is 0 Å². The molecule has 1 rings (SSSR count). The van der Waals surface area contributed by atoms with Gasteiger partial charge in [0.05, 0.1) is 0 Å². The summed E-state index contributed by atoms with van der Waals surface area (Å²) in [6.45, 7) is 0. The molecule has 0 aromatic carbocycles. The Morgan fingerprint density at radius 3 is 2.50 bits per heavy atom. The van der Waals surface area contributed by atoms with Crippen molar-refractivity contribution in [2.75, 3.05) is 0 Å². The predicted molar refractivity (Wildman–Crippen MR) is 35.0 cm³/mol. The van der Waals surface area contributed by atoms with Crippen LogP contribution in [0.15, 0.2) is 16.9 Å². The fourth-order valence-corrected chi connectivity index (χ4v) is 0.588. The van der Waals surface area contributed by atoms with Crippen LogP contribution >= 0.6 is 0 Å². The summed E-state index contributed by atoms with van der Waals surface area (Å²) in [6, 6.07) is 0. The van der Waals surface area contributed by atoms with Gasteiger partial charge >= 0.3 is 11.9 Å². The van der Waals surface area contributed by atoms with Gasteiger partial charge < -0.3 is 15.1 Å². The standard InChI is InChI=1S/C5H4N2O5/c8-4(9)2-1-12-7-6-3(2)5(10)11/h1,7H,(H,8,9)(H,10,11). The first-order valence-corrected chi connectivity index (χ1v) is 2.78. The largest absolute Gasteiger partial charge is 0.477 e. The number of carboxylic acid groups (broad SMARTS) is 2. The maximum absolute atomic E-state index is 10.3. The molecule has 0 aliphatic carbocycles. The molecule has 0 atom stereocenters. The van der Waals surface area contributed by atoms with E-state index in [-0.39, 0.29) is 0 Å². The van der Waals surface area contributed by atoms with Crippen molar-refractivity contribution in [1.29, 1.82) is 0 Å². The molecule has 0 fully saturated rings. The number of rotatable bonds is 2. The van der Waals surface area contributed by atoms with E-state index in [0.29, 0.717) is 0 Å². The van der Waals surface area contributed by atoms with E-state index in [0.717, 1.165) is 6.26 Å². The molecule has 0 spiro atoms. The minimum Gasteiger partial charge on any atom is -0.477 e. The molecule has 0 bridgehead atoms. The van der Waals surface area contributed by atoms with Crippen molar-refractivity contribution in [3.63, 3.8) is 0 Å². The summed E-state index contributed by atoms with van der Waals surface area (Å²) >= 11 is 0. The highest BCUT2D eigenvalue weighted by molar-refractivity contribution is 6.48. The Morgan fingerprint density at radius 2 is 2.08 bits per heavy atom. The summed E-state index contributed by atoms with van der Waals surface area (Å²) in [5.41, 5.74) is 0.780. The molecule has 0 saturated heterocycles. The van der Waals surface area contributed by atoms with Crippen LogP contribution in [0.4, 0.5) is 0 Å². The fraction of sp³-hybridized carbons (Fsp3) is 0. The lowest BCUT2D eigenvalue weighted by molar-refractivity contribution is -0.134. The summed E-state index contributed by atoms with van der Waals surface area (Å²) in [5, 5.41) is 20.0. The molecular formula is C5H4N2O5. The van der Waals surface area contributed by atoms with Gasteiger partial charge in [-0.15, -0.1) is 10.7 Å². The average molecular weight is 172 g/mol. The summed E-state index contributed by atoms with van der Waals surface area (Å²) in [7, 11) is 0. The van der Waals surface area contributed by atoms with E-state index in [1.165, 1.54) is 0 Å². The third kappa shape index (κ3) is 1.34. The number of aliphatic carboxylic acids is 2. The van der Waals surface area contributed by atoms with Crippen LogP contribution in [0.5, 0.6) is 0 Å². The van der Waals surface area contributed by atoms with Crippen molar-refractivity contribution in [1.82, 2.24) is 5.59 Å². The minimum atomic E-state index is -1.43. The smallest absolute Gasteiger partial charge is 0.357 e. The Balaban J connectivity index is 2.98. The van der Waals surface area contributed by atoms with Crippen LogP contribution in [0.25, 0.3) is 0 Å². The second kappa shape index (κ2) is 2.91. The first kappa shape index (κ1) is 8.05. The highest BCUT2D eigenvalue weighted by atomic mass is 16.7. The maximum Gasteiger partial charge on any atom is 0.357 e. The molecule has 12 heavy (non-hydrogen) atoms. The molecule has 0 aromatic heterocycles. The van der Waals surface area contributed by atoms with E-state index in [4.69, 9.17) is 10.2 Å². The Labute approximate surface area is 65.9 Å². The quantitative estimate of drug-likeness (QED) is 0.489. The second-order valence-electron chi connectivity index (χ2n) is 1.81. The van der Waals surface area contributed by atoms with Crippen molar-refractivity contribution >= 4 is 17.7 Å². The van der Waals surface area contributed by atoms with E-state index in [9.17, 15) is 9.59 Å². The summed E-state index contributed by atoms with van der Waals surface area (Å²) in [6.07, 6.45) is 0.763. The van der Waals surface area contributed by atoms with Crippen LogP contribution < -0.4 is 5.59 Å². The van der Waals surface area contributed by atoms with Gasteiger partial charge in [-0.1, -0.05) is 0 Å². The van der Waals surface area contributed by atoms with E-state index in [1.807, 2.05) is 5.59 Å². The third-order valence-electron chi connectivity index (χ3n) is 1.08. The molecule has 64 valence electrons. The zero-order valence-electron chi connectivity index (χ0n) is 5.64. The number of hydrazone groups is 1. The molecule has 0 unspecified atom stereocenters. The van der Waals surface area contributed by atoms with Crippen LogP contribution in [0.2, 0.25) is 0 Å². The average Bonchev–Trinajstić information content (AvgIpc) is 2.04. The summed E-state index contributed by atoms with van der Waals surface area (Å²) in [5.74, 6) is -2.84. The Bertz CT molecular complexity index is 262. The lowest BCUT2D eigenvalue weighted by atomic mass is 10.2. The first-order chi connectivity index (χ1) is 5.63. The van der Waals surface area contributed by atoms with Crippen molar-refractivity contribution in [3.8, 4) is 0 Å². The zero-order chi connectivity index (χ0) is 9.14. The van der Waals surface area contributed by atoms with Gasteiger partial charge in [0.25, 0.3) is 0 Å². The molecule has 0 radical (unpaired) electrons. The maximum atomic E-state index is 10.3. The molecule has 3 N–H and O–H groups in total. The first-order valence-electron chi connectivity index (χ1n) is 2.78. The topological polar surface area (TPSA) is 108 Å². The van der Waals surface area contributed by atoms with Crippen molar-refractivity contribution in [3.05, 3.63) is 11.8 Å². The van der Waals surface area contributed by atoms with Crippen molar-refractivity contribution in [2.45, 2.75) is 0 Å². The second-order valence-corrected chi connectivity index (χ2v) is 1.81. The van der Waals surface area contributed by atoms with Gasteiger partial charge in [0.1, 0.15) is 11.8 Å². The van der Waals surface area contributed by atoms with Gasteiger partial charge in [-0.05, 0) is 0 Å². The van der Waals surface area contributed by atoms with Gasteiger partial charge in [-0.25, -0.2) is 9.59 Å². The molecule has 1 aliphatic rings. The van der Waals surface area contributed by atoms with Crippen molar-refractivity contribution < 1.29 is 24.6 Å². The van der Waals surface area contributed by atoms with E-state index in [2.05, 4.69) is 9.94 Å². The van der Waals surface area contributed by atoms with E-state index >= 15 is 0 Å². The molecular weight excluding hydrogens is 168 g/mol. The monoisotopic (exact) mass is 172 g/mol. The normalized spacial score (nSPS) is 15.0. The Hall–Kier alpha value is -2.05. The number of hydrogen-bond acceptors (Lipinski definition) is 5. The molecule has 0 saturated carbocycles. The van der Waals surface area contributed by atoms with E-state index < -0.39 is 23.2 Å². The van der Waals surface area contributed by atoms with Gasteiger partial charge in [0.15, 0.2) is 5.71 Å². The zero-order valence-corrected chi connectivity index (χ0v) is 5.64. The molecule has 1 heterocycles. The lowest BCUT2D eigenvalue weighted by Crippen LogP contribution is -2.28. The third-order valence-corrected chi connectivity index (χ3v) is 1.08. The highest BCUT2D eigenvalue weighted by Crippen LogP contribution is 2.03. The van der Waals surface area contributed by atoms with Crippen LogP contribution in [-0.4, -0.2) is 27.9 Å². The van der Waals surface area contributed by atoms with Crippen LogP contribution in [0, 0.1) is 0 Å². The minimum absolute atomic E-state index is 0.499. The predicted octanol–water partition coefficient (Wildman–Crippen LogP) is -1.07. The van der Waals surface area contributed by atoms with Crippen LogP contribution in [0.3, 0.4) is 0 Å². The summed E-state index contributed by atoms with van der Waals surface area (Å²) < 4.78 is 0. The SMILES string of the molecule is O=C(O)C1=CONN=C1C(=O)O. The molecule has 1 aliphatic heterocycles. The van der Waals surface area contributed by atoms with Gasteiger partial charge in [-0.2, -0.15) is 0 Å². The van der Waals surface area contributed by atoms with E-state index in [1.54, 1.807) is 0 Å². The number of nitrogens with one attached hydrogen (secondary N) is 1. The van der Waals surface area contributed by atoms with Gasteiger partial charge in [0, 0.05) is 0 Å². The van der Waals surface area contributed by atoms with Crippen molar-refractivity contribution in [2.24, 2.45) is 5.10 Å². The Morgan fingerprint density at radius 1 is 1.42 bits per heavy atom. The fourth-order valence-electron chi connectivity index (χ4n) is 0.588. The Kier molecular flexibility index (Phi) is 1.95.